The monoisotopic (exact) mass is 342 g/mol. The highest BCUT2D eigenvalue weighted by atomic mass is 79.9. The Morgan fingerprint density at radius 1 is 1.63 bits per heavy atom. The largest absolute Gasteiger partial charge is 0.491 e. The molecule has 0 N–H and O–H groups in total. The van der Waals surface area contributed by atoms with E-state index in [0.717, 1.165) is 23.1 Å². The summed E-state index contributed by atoms with van der Waals surface area (Å²) in [5.41, 5.74) is 0. The number of hydrogen-bond acceptors (Lipinski definition) is 2. The van der Waals surface area contributed by atoms with E-state index < -0.39 is 0 Å². The van der Waals surface area contributed by atoms with Crippen LogP contribution in [0, 0.1) is 24.2 Å². The summed E-state index contributed by atoms with van der Waals surface area (Å²) < 4.78 is 13.2. The molecule has 0 aromatic heterocycles. The SMILES string of the molecule is C#C/C=C\[C@H](Cl)[C@H]1[C@@H]2/C(=C(\Br)CC)O[C@@H]3C[C@H]1O[C@H]23. The maximum Gasteiger partial charge on any atom is 0.128 e. The molecule has 3 aliphatic rings. The van der Waals surface area contributed by atoms with E-state index in [1.165, 1.54) is 0 Å². The first-order chi connectivity index (χ1) is 9.17. The standard InChI is InChI=1S/C15H16BrClO2/c1-3-5-6-9(17)12-10-7-11-15(18-10)13(12)14(19-11)8(16)4-2/h1,5-6,9-13,15H,4,7H2,2H3/b6-5-,14-8+/t9-,10+,11+,12+,13+,15-/m0/s1. The van der Waals surface area contributed by atoms with Gasteiger partial charge >= 0.3 is 0 Å². The smallest absolute Gasteiger partial charge is 0.128 e. The van der Waals surface area contributed by atoms with Crippen molar-refractivity contribution in [1.29, 1.82) is 0 Å². The van der Waals surface area contributed by atoms with E-state index in [1.54, 1.807) is 6.08 Å². The molecule has 2 bridgehead atoms. The van der Waals surface area contributed by atoms with Crippen molar-refractivity contribution in [3.63, 3.8) is 0 Å². The topological polar surface area (TPSA) is 18.5 Å². The second-order valence-corrected chi connectivity index (χ2v) is 6.69. The molecule has 3 aliphatic heterocycles. The van der Waals surface area contributed by atoms with Crippen LogP contribution in [0.25, 0.3) is 0 Å². The van der Waals surface area contributed by atoms with Gasteiger partial charge in [-0.2, -0.15) is 0 Å². The Morgan fingerprint density at radius 3 is 3.11 bits per heavy atom. The predicted octanol–water partition coefficient (Wildman–Crippen LogP) is 3.60. The maximum absolute atomic E-state index is 6.51. The zero-order valence-corrected chi connectivity index (χ0v) is 13.0. The number of allylic oxidation sites excluding steroid dienone is 3. The van der Waals surface area contributed by atoms with Crippen molar-refractivity contribution >= 4 is 27.5 Å². The Bertz CT molecular complexity index is 477. The lowest BCUT2D eigenvalue weighted by Gasteiger charge is -2.25. The van der Waals surface area contributed by atoms with Crippen LogP contribution >= 0.6 is 27.5 Å². The van der Waals surface area contributed by atoms with Gasteiger partial charge in [0.15, 0.2) is 0 Å². The van der Waals surface area contributed by atoms with E-state index in [0.29, 0.717) is 0 Å². The third kappa shape index (κ3) is 2.05. The summed E-state index contributed by atoms with van der Waals surface area (Å²) in [6, 6.07) is 0. The fourth-order valence-electron chi connectivity index (χ4n) is 3.50. The van der Waals surface area contributed by atoms with Gasteiger partial charge in [-0.3, -0.25) is 0 Å². The van der Waals surface area contributed by atoms with Gasteiger partial charge in [-0.05, 0) is 12.5 Å². The first kappa shape index (κ1) is 13.5. The predicted molar refractivity (Wildman–Crippen MR) is 79.0 cm³/mol. The second-order valence-electron chi connectivity index (χ2n) is 5.23. The van der Waals surface area contributed by atoms with E-state index >= 15 is 0 Å². The Balaban J connectivity index is 1.91. The van der Waals surface area contributed by atoms with Crippen LogP contribution in [0.3, 0.4) is 0 Å². The van der Waals surface area contributed by atoms with Crippen molar-refractivity contribution in [3.05, 3.63) is 22.4 Å². The average Bonchev–Trinajstić information content (AvgIpc) is 3.02. The minimum Gasteiger partial charge on any atom is -0.491 e. The molecular weight excluding hydrogens is 328 g/mol. The van der Waals surface area contributed by atoms with Crippen molar-refractivity contribution < 1.29 is 9.47 Å². The molecule has 0 radical (unpaired) electrons. The summed E-state index contributed by atoms with van der Waals surface area (Å²) in [4.78, 5) is 0. The lowest BCUT2D eigenvalue weighted by Crippen LogP contribution is -2.34. The molecule has 0 aromatic carbocycles. The lowest BCUT2D eigenvalue weighted by atomic mass is 9.77. The summed E-state index contributed by atoms with van der Waals surface area (Å²) in [5, 5.41) is -0.106. The number of hydrogen-bond donors (Lipinski definition) is 0. The highest BCUT2D eigenvalue weighted by molar-refractivity contribution is 9.11. The molecule has 3 heterocycles. The molecule has 4 heteroatoms. The van der Waals surface area contributed by atoms with Crippen molar-refractivity contribution in [2.75, 3.05) is 0 Å². The third-order valence-corrected chi connectivity index (χ3v) is 5.65. The van der Waals surface area contributed by atoms with Crippen LogP contribution < -0.4 is 0 Å². The van der Waals surface area contributed by atoms with Crippen LogP contribution in [0.1, 0.15) is 19.8 Å². The van der Waals surface area contributed by atoms with Gasteiger partial charge in [0.25, 0.3) is 0 Å². The first-order valence-electron chi connectivity index (χ1n) is 6.64. The van der Waals surface area contributed by atoms with E-state index in [4.69, 9.17) is 27.5 Å². The highest BCUT2D eigenvalue weighted by Crippen LogP contribution is 2.56. The summed E-state index contributed by atoms with van der Waals surface area (Å²) >= 11 is 10.1. The molecule has 0 saturated carbocycles. The summed E-state index contributed by atoms with van der Waals surface area (Å²) in [6.07, 6.45) is 11.3. The normalized spacial score (nSPS) is 43.4. The summed E-state index contributed by atoms with van der Waals surface area (Å²) in [5.74, 6) is 4.06. The molecule has 2 nitrogen and oxygen atoms in total. The zero-order valence-electron chi connectivity index (χ0n) is 10.7. The molecule has 6 atom stereocenters. The molecule has 0 spiro atoms. The van der Waals surface area contributed by atoms with E-state index in [1.807, 2.05) is 6.08 Å². The third-order valence-electron chi connectivity index (χ3n) is 4.26. The average molecular weight is 344 g/mol. The van der Waals surface area contributed by atoms with Gasteiger partial charge in [-0.15, -0.1) is 18.0 Å². The quantitative estimate of drug-likeness (QED) is 0.576. The Labute approximate surface area is 127 Å². The summed E-state index contributed by atoms with van der Waals surface area (Å²) in [7, 11) is 0. The van der Waals surface area contributed by atoms with Crippen molar-refractivity contribution in [1.82, 2.24) is 0 Å². The van der Waals surface area contributed by atoms with Crippen LogP contribution in [0.4, 0.5) is 0 Å². The van der Waals surface area contributed by atoms with Gasteiger partial charge in [0.05, 0.1) is 17.4 Å². The second kappa shape index (κ2) is 5.16. The van der Waals surface area contributed by atoms with Gasteiger partial charge in [-0.1, -0.05) is 34.9 Å². The molecule has 0 unspecified atom stereocenters. The number of rotatable bonds is 3. The molecule has 102 valence electrons. The first-order valence-corrected chi connectivity index (χ1v) is 7.87. The molecule has 3 saturated heterocycles. The fraction of sp³-hybridized carbons (Fsp3) is 0.600. The zero-order chi connectivity index (χ0) is 13.6. The maximum atomic E-state index is 6.51. The molecule has 0 aromatic rings. The minimum absolute atomic E-state index is 0.106. The number of fused-ring (bicyclic) bond motifs is 1. The van der Waals surface area contributed by atoms with Gasteiger partial charge in [-0.25, -0.2) is 0 Å². The van der Waals surface area contributed by atoms with Crippen LogP contribution in [0.15, 0.2) is 22.4 Å². The van der Waals surface area contributed by atoms with E-state index in [9.17, 15) is 0 Å². The molecule has 3 rings (SSSR count). The van der Waals surface area contributed by atoms with Gasteiger partial charge in [0.2, 0.25) is 0 Å². The Kier molecular flexibility index (Phi) is 3.68. The molecule has 19 heavy (non-hydrogen) atoms. The van der Waals surface area contributed by atoms with Crippen molar-refractivity contribution in [2.24, 2.45) is 11.8 Å². The van der Waals surface area contributed by atoms with Crippen molar-refractivity contribution in [3.8, 4) is 12.3 Å². The number of halogens is 2. The van der Waals surface area contributed by atoms with Crippen molar-refractivity contribution in [2.45, 2.75) is 43.5 Å². The number of ether oxygens (including phenoxy) is 2. The van der Waals surface area contributed by atoms with Gasteiger partial charge in [0, 0.05) is 16.8 Å². The Hall–Kier alpha value is -0.430. The van der Waals surface area contributed by atoms with Crippen LogP contribution in [-0.4, -0.2) is 23.7 Å². The number of alkyl halides is 1. The van der Waals surface area contributed by atoms with Crippen LogP contribution in [0.2, 0.25) is 0 Å². The van der Waals surface area contributed by atoms with E-state index in [-0.39, 0.29) is 35.5 Å². The highest BCUT2D eigenvalue weighted by Gasteiger charge is 2.63. The minimum atomic E-state index is -0.106. The molecule has 0 amide bonds. The van der Waals surface area contributed by atoms with Gasteiger partial charge < -0.3 is 9.47 Å². The summed E-state index contributed by atoms with van der Waals surface area (Å²) in [6.45, 7) is 2.11. The van der Waals surface area contributed by atoms with Gasteiger partial charge in [0.1, 0.15) is 18.0 Å². The molecule has 0 aliphatic carbocycles. The fourth-order valence-corrected chi connectivity index (χ4v) is 4.25. The van der Waals surface area contributed by atoms with Crippen LogP contribution in [-0.2, 0) is 9.47 Å². The molecule has 3 fully saturated rings. The van der Waals surface area contributed by atoms with Crippen LogP contribution in [0.5, 0.6) is 0 Å². The molecular formula is C15H16BrClO2. The number of terminal acetylenes is 1. The van der Waals surface area contributed by atoms with E-state index in [2.05, 4.69) is 28.8 Å². The Morgan fingerprint density at radius 2 is 2.42 bits per heavy atom. The lowest BCUT2D eigenvalue weighted by molar-refractivity contribution is 0.0690.